The van der Waals surface area contributed by atoms with E-state index >= 15 is 0 Å². The van der Waals surface area contributed by atoms with Crippen LogP contribution in [0, 0.1) is 0 Å². The molecule has 1 N–H and O–H groups in total. The minimum Gasteiger partial charge on any atom is -0.334 e. The third-order valence-electron chi connectivity index (χ3n) is 5.06. The molecule has 0 saturated carbocycles. The molecular formula is C25H16ClN3O4S2. The molecule has 5 rings (SSSR count). The molecule has 0 bridgehead atoms. The van der Waals surface area contributed by atoms with E-state index in [1.54, 1.807) is 66.7 Å². The van der Waals surface area contributed by atoms with Gasteiger partial charge in [-0.2, -0.15) is 4.98 Å². The summed E-state index contributed by atoms with van der Waals surface area (Å²) in [4.78, 5) is 17.8. The zero-order valence-electron chi connectivity index (χ0n) is 17.9. The molecule has 7 nitrogen and oxygen atoms in total. The predicted octanol–water partition coefficient (Wildman–Crippen LogP) is 6.20. The summed E-state index contributed by atoms with van der Waals surface area (Å²) >= 11 is 6.84. The molecule has 1 amide bonds. The summed E-state index contributed by atoms with van der Waals surface area (Å²) in [5.74, 6) is 0.158. The van der Waals surface area contributed by atoms with Gasteiger partial charge in [-0.1, -0.05) is 47.1 Å². The number of thiophene rings is 1. The number of aromatic nitrogens is 2. The number of sulfone groups is 1. The van der Waals surface area contributed by atoms with Crippen molar-refractivity contribution in [1.29, 1.82) is 0 Å². The molecule has 10 heteroatoms. The highest BCUT2D eigenvalue weighted by molar-refractivity contribution is 7.93. The first-order valence-corrected chi connectivity index (χ1v) is 13.0. The summed E-state index contributed by atoms with van der Waals surface area (Å²) in [6, 6.07) is 25.0. The maximum atomic E-state index is 13.0. The highest BCUT2D eigenvalue weighted by Gasteiger charge is 2.22. The lowest BCUT2D eigenvalue weighted by Gasteiger charge is -2.07. The number of hydrogen-bond donors (Lipinski definition) is 1. The fourth-order valence-electron chi connectivity index (χ4n) is 3.31. The number of hydrogen-bond acceptors (Lipinski definition) is 7. The van der Waals surface area contributed by atoms with Gasteiger partial charge in [0, 0.05) is 10.6 Å². The van der Waals surface area contributed by atoms with E-state index in [1.165, 1.54) is 24.3 Å². The van der Waals surface area contributed by atoms with Crippen LogP contribution in [0.1, 0.15) is 9.67 Å². The molecule has 0 radical (unpaired) electrons. The highest BCUT2D eigenvalue weighted by Crippen LogP contribution is 2.31. The van der Waals surface area contributed by atoms with Gasteiger partial charge >= 0.3 is 0 Å². The first-order valence-electron chi connectivity index (χ1n) is 10.3. The average molecular weight is 522 g/mol. The highest BCUT2D eigenvalue weighted by atomic mass is 35.5. The van der Waals surface area contributed by atoms with Crippen molar-refractivity contribution >= 4 is 44.4 Å². The van der Waals surface area contributed by atoms with Crippen LogP contribution in [-0.2, 0) is 9.84 Å². The van der Waals surface area contributed by atoms with Crippen molar-refractivity contribution in [2.24, 2.45) is 0 Å². The lowest BCUT2D eigenvalue weighted by atomic mass is 10.1. The van der Waals surface area contributed by atoms with Crippen LogP contribution in [0.15, 0.2) is 105 Å². The van der Waals surface area contributed by atoms with Gasteiger partial charge < -0.3 is 9.84 Å². The first-order chi connectivity index (χ1) is 16.9. The van der Waals surface area contributed by atoms with Crippen LogP contribution in [-0.4, -0.2) is 24.5 Å². The Labute approximate surface area is 209 Å². The van der Waals surface area contributed by atoms with Crippen LogP contribution in [0.5, 0.6) is 0 Å². The first kappa shape index (κ1) is 23.0. The van der Waals surface area contributed by atoms with Gasteiger partial charge in [-0.25, -0.2) is 8.42 Å². The van der Waals surface area contributed by atoms with Crippen molar-refractivity contribution in [2.75, 3.05) is 5.32 Å². The molecule has 0 saturated heterocycles. The molecule has 2 aromatic heterocycles. The Kier molecular flexibility index (Phi) is 6.21. The molecular weight excluding hydrogens is 506 g/mol. The second kappa shape index (κ2) is 9.46. The van der Waals surface area contributed by atoms with Crippen LogP contribution in [0.25, 0.3) is 22.8 Å². The third-order valence-corrected chi connectivity index (χ3v) is 8.66. The molecule has 0 aliphatic carbocycles. The van der Waals surface area contributed by atoms with Crippen molar-refractivity contribution < 1.29 is 17.7 Å². The van der Waals surface area contributed by atoms with Crippen molar-refractivity contribution in [2.45, 2.75) is 9.10 Å². The number of rotatable bonds is 6. The topological polar surface area (TPSA) is 102 Å². The summed E-state index contributed by atoms with van der Waals surface area (Å²) in [5, 5.41) is 7.44. The number of anilines is 1. The number of benzene rings is 3. The maximum Gasteiger partial charge on any atom is 0.265 e. The summed E-state index contributed by atoms with van der Waals surface area (Å²) < 4.78 is 31.2. The van der Waals surface area contributed by atoms with E-state index in [-0.39, 0.29) is 19.9 Å². The summed E-state index contributed by atoms with van der Waals surface area (Å²) in [7, 11) is -3.71. The molecule has 0 atom stereocenters. The number of carbonyl (C=O) groups excluding carboxylic acids is 1. The maximum absolute atomic E-state index is 13.0. The number of carbonyl (C=O) groups is 1. The average Bonchev–Trinajstić information content (AvgIpc) is 3.57. The van der Waals surface area contributed by atoms with E-state index in [4.69, 9.17) is 16.1 Å². The lowest BCUT2D eigenvalue weighted by molar-refractivity contribution is 0.103. The zero-order chi connectivity index (χ0) is 24.4. The minimum absolute atomic E-state index is 0.0895. The number of nitrogens with one attached hydrogen (secondary N) is 1. The van der Waals surface area contributed by atoms with E-state index < -0.39 is 15.7 Å². The Morgan fingerprint density at radius 2 is 1.60 bits per heavy atom. The van der Waals surface area contributed by atoms with E-state index in [0.717, 1.165) is 16.9 Å². The molecule has 0 aliphatic rings. The van der Waals surface area contributed by atoms with Crippen LogP contribution >= 0.6 is 22.9 Å². The van der Waals surface area contributed by atoms with Crippen molar-refractivity contribution in [3.8, 4) is 22.8 Å². The summed E-state index contributed by atoms with van der Waals surface area (Å²) in [6.07, 6.45) is 0. The van der Waals surface area contributed by atoms with Crippen LogP contribution in [0.4, 0.5) is 5.69 Å². The lowest BCUT2D eigenvalue weighted by Crippen LogP contribution is -2.11. The van der Waals surface area contributed by atoms with E-state index in [2.05, 4.69) is 15.5 Å². The fraction of sp³-hybridized carbons (Fsp3) is 0. The van der Waals surface area contributed by atoms with Gasteiger partial charge in [-0.3, -0.25) is 4.79 Å². The predicted molar refractivity (Wildman–Crippen MR) is 134 cm³/mol. The van der Waals surface area contributed by atoms with E-state index in [1.807, 2.05) is 0 Å². The molecule has 0 spiro atoms. The SMILES string of the molecule is O=C(Nc1ccccc1-c1nc(-c2ccc(Cl)cc2)no1)c1ccc(S(=O)(=O)c2ccccc2)s1. The van der Waals surface area contributed by atoms with E-state index in [0.29, 0.717) is 22.1 Å². The monoisotopic (exact) mass is 521 g/mol. The van der Waals surface area contributed by atoms with Crippen LogP contribution < -0.4 is 5.32 Å². The molecule has 3 aromatic carbocycles. The quantitative estimate of drug-likeness (QED) is 0.285. The second-order valence-corrected chi connectivity index (χ2v) is 11.1. The van der Waals surface area contributed by atoms with Crippen LogP contribution in [0.3, 0.4) is 0 Å². The summed E-state index contributed by atoms with van der Waals surface area (Å²) in [6.45, 7) is 0. The molecule has 0 fully saturated rings. The Balaban J connectivity index is 1.39. The zero-order valence-corrected chi connectivity index (χ0v) is 20.3. The van der Waals surface area contributed by atoms with Crippen molar-refractivity contribution in [3.05, 3.63) is 101 Å². The molecule has 0 unspecified atom stereocenters. The Morgan fingerprint density at radius 1 is 0.886 bits per heavy atom. The molecule has 0 aliphatic heterocycles. The molecule has 5 aromatic rings. The van der Waals surface area contributed by atoms with Gasteiger partial charge in [0.2, 0.25) is 15.7 Å². The normalized spacial score (nSPS) is 11.3. The smallest absolute Gasteiger partial charge is 0.265 e. The largest absolute Gasteiger partial charge is 0.334 e. The van der Waals surface area contributed by atoms with Gasteiger partial charge in [0.1, 0.15) is 4.21 Å². The Hall–Kier alpha value is -3.79. The number of nitrogens with zero attached hydrogens (tertiary/aromatic N) is 2. The van der Waals surface area contributed by atoms with Gasteiger partial charge in [-0.15, -0.1) is 11.3 Å². The standard InChI is InChI=1S/C25H16ClN3O4S2/c26-17-12-10-16(11-13-17)23-28-25(33-29-23)19-8-4-5-9-20(19)27-24(30)21-14-15-22(34-21)35(31,32)18-6-2-1-3-7-18/h1-15H,(H,27,30). The van der Waals surface area contributed by atoms with Gasteiger partial charge in [0.25, 0.3) is 11.8 Å². The molecule has 35 heavy (non-hydrogen) atoms. The number of halogens is 1. The Morgan fingerprint density at radius 3 is 2.37 bits per heavy atom. The number of amides is 1. The summed E-state index contributed by atoms with van der Waals surface area (Å²) in [5.41, 5.74) is 1.71. The Bertz CT molecular complexity index is 1610. The second-order valence-electron chi connectivity index (χ2n) is 7.36. The molecule has 174 valence electrons. The van der Waals surface area contributed by atoms with Crippen molar-refractivity contribution in [3.63, 3.8) is 0 Å². The van der Waals surface area contributed by atoms with Gasteiger partial charge in [0.05, 0.1) is 21.0 Å². The van der Waals surface area contributed by atoms with E-state index in [9.17, 15) is 13.2 Å². The molecule has 2 heterocycles. The minimum atomic E-state index is -3.71. The van der Waals surface area contributed by atoms with Gasteiger partial charge in [0.15, 0.2) is 0 Å². The fourth-order valence-corrected chi connectivity index (χ4v) is 6.06. The van der Waals surface area contributed by atoms with Crippen molar-refractivity contribution in [1.82, 2.24) is 10.1 Å². The number of para-hydroxylation sites is 1. The van der Waals surface area contributed by atoms with Gasteiger partial charge in [-0.05, 0) is 60.7 Å². The third kappa shape index (κ3) is 4.74. The van der Waals surface area contributed by atoms with Crippen LogP contribution in [0.2, 0.25) is 5.02 Å².